The molecule has 0 aromatic heterocycles. The van der Waals surface area contributed by atoms with Crippen LogP contribution in [0.2, 0.25) is 6.32 Å². The van der Waals surface area contributed by atoms with Gasteiger partial charge in [0.2, 0.25) is 0 Å². The van der Waals surface area contributed by atoms with Gasteiger partial charge in [0.1, 0.15) is 0 Å². The first-order valence-electron chi connectivity index (χ1n) is 3.99. The second-order valence-electron chi connectivity index (χ2n) is 2.73. The van der Waals surface area contributed by atoms with E-state index in [2.05, 4.69) is 6.58 Å². The number of carbonyl (C=O) groups is 1. The van der Waals surface area contributed by atoms with Crippen molar-refractivity contribution in [1.82, 2.24) is 0 Å². The third-order valence-corrected chi connectivity index (χ3v) is 1.69. The fraction of sp³-hybridized carbons (Fsp3) is 0.100. The molecule has 0 bridgehead atoms. The summed E-state index contributed by atoms with van der Waals surface area (Å²) in [5.74, 6) is -0.938. The molecule has 2 nitrogen and oxygen atoms in total. The summed E-state index contributed by atoms with van der Waals surface area (Å²) in [5, 5.41) is 8.54. The molecule has 0 aliphatic rings. The van der Waals surface area contributed by atoms with Crippen molar-refractivity contribution in [2.75, 3.05) is 0 Å². The van der Waals surface area contributed by atoms with Crippen LogP contribution in [-0.4, -0.2) is 18.4 Å². The molecule has 1 N–H and O–H groups in total. The van der Waals surface area contributed by atoms with E-state index in [1.54, 1.807) is 0 Å². The second-order valence-corrected chi connectivity index (χ2v) is 2.73. The fourth-order valence-corrected chi connectivity index (χ4v) is 0.917. The molecule has 1 aromatic rings. The van der Waals surface area contributed by atoms with E-state index in [9.17, 15) is 4.79 Å². The van der Waals surface area contributed by atoms with Crippen molar-refractivity contribution >= 4 is 18.7 Å². The zero-order valence-corrected chi connectivity index (χ0v) is 7.23. The molecule has 1 radical (unpaired) electrons. The molecule has 0 heterocycles. The molecule has 13 heavy (non-hydrogen) atoms. The minimum atomic E-state index is -0.938. The molecule has 3 heteroatoms. The number of carboxylic acids is 1. The molecule has 0 aliphatic carbocycles. The minimum absolute atomic E-state index is 0.212. The predicted octanol–water partition coefficient (Wildman–Crippen LogP) is 1.08. The van der Waals surface area contributed by atoms with Crippen LogP contribution in [0.1, 0.15) is 0 Å². The van der Waals surface area contributed by atoms with Crippen LogP contribution in [-0.2, 0) is 4.79 Å². The number of aliphatic carboxylic acids is 1. The van der Waals surface area contributed by atoms with Gasteiger partial charge in [-0.25, -0.2) is 4.79 Å². The van der Waals surface area contributed by atoms with Gasteiger partial charge in [0, 0.05) is 5.57 Å². The Balaban J connectivity index is 2.44. The molecular formula is C10H10BO2. The van der Waals surface area contributed by atoms with E-state index in [-0.39, 0.29) is 5.57 Å². The Morgan fingerprint density at radius 2 is 2.00 bits per heavy atom. The summed E-state index contributed by atoms with van der Waals surface area (Å²) in [4.78, 5) is 10.4. The first-order valence-corrected chi connectivity index (χ1v) is 3.99. The molecule has 0 aliphatic heterocycles. The summed E-state index contributed by atoms with van der Waals surface area (Å²) >= 11 is 0. The first-order chi connectivity index (χ1) is 6.20. The summed E-state index contributed by atoms with van der Waals surface area (Å²) in [6.07, 6.45) is 0.388. The SMILES string of the molecule is C=C(C[B]c1ccccc1)C(=O)O. The molecule has 1 aromatic carbocycles. The lowest BCUT2D eigenvalue weighted by atomic mass is 9.65. The molecule has 0 saturated heterocycles. The van der Waals surface area contributed by atoms with E-state index in [1.165, 1.54) is 0 Å². The number of rotatable bonds is 4. The summed E-state index contributed by atoms with van der Waals surface area (Å²) in [5.41, 5.74) is 1.23. The Hall–Kier alpha value is -1.51. The normalized spacial score (nSPS) is 9.23. The van der Waals surface area contributed by atoms with Gasteiger partial charge >= 0.3 is 5.97 Å². The Kier molecular flexibility index (Phi) is 3.32. The van der Waals surface area contributed by atoms with E-state index >= 15 is 0 Å². The van der Waals surface area contributed by atoms with Crippen molar-refractivity contribution in [3.05, 3.63) is 42.5 Å². The molecule has 0 saturated carbocycles. The Labute approximate surface area is 78.1 Å². The molecule has 1 rings (SSSR count). The highest BCUT2D eigenvalue weighted by molar-refractivity contribution is 6.54. The zero-order chi connectivity index (χ0) is 9.68. The van der Waals surface area contributed by atoms with Crippen LogP contribution in [0.15, 0.2) is 42.5 Å². The van der Waals surface area contributed by atoms with Gasteiger partial charge in [0.15, 0.2) is 7.28 Å². The highest BCUT2D eigenvalue weighted by Gasteiger charge is 2.04. The number of hydrogen-bond donors (Lipinski definition) is 1. The molecular weight excluding hydrogens is 163 g/mol. The Bertz CT molecular complexity index is 306. The molecule has 65 valence electrons. The highest BCUT2D eigenvalue weighted by Crippen LogP contribution is 1.97. The summed E-state index contributed by atoms with van der Waals surface area (Å²) in [7, 11) is 1.84. The minimum Gasteiger partial charge on any atom is -0.478 e. The van der Waals surface area contributed by atoms with E-state index < -0.39 is 5.97 Å². The average molecular weight is 173 g/mol. The van der Waals surface area contributed by atoms with Crippen LogP contribution in [0.25, 0.3) is 0 Å². The lowest BCUT2D eigenvalue weighted by Gasteiger charge is -1.98. The van der Waals surface area contributed by atoms with E-state index in [0.29, 0.717) is 6.32 Å². The third kappa shape index (κ3) is 3.15. The van der Waals surface area contributed by atoms with Gasteiger partial charge in [-0.1, -0.05) is 42.4 Å². The summed E-state index contributed by atoms with van der Waals surface area (Å²) in [6.45, 7) is 3.44. The maximum Gasteiger partial charge on any atom is 0.330 e. The second kappa shape index (κ2) is 4.50. The smallest absolute Gasteiger partial charge is 0.330 e. The van der Waals surface area contributed by atoms with Crippen molar-refractivity contribution < 1.29 is 9.90 Å². The van der Waals surface area contributed by atoms with Crippen LogP contribution >= 0.6 is 0 Å². The first kappa shape index (κ1) is 9.58. The molecule has 0 amide bonds. The van der Waals surface area contributed by atoms with Crippen molar-refractivity contribution in [2.45, 2.75) is 6.32 Å². The third-order valence-electron chi connectivity index (χ3n) is 1.69. The largest absolute Gasteiger partial charge is 0.478 e. The van der Waals surface area contributed by atoms with Gasteiger partial charge in [-0.2, -0.15) is 0 Å². The average Bonchev–Trinajstić information content (AvgIpc) is 2.15. The van der Waals surface area contributed by atoms with Gasteiger partial charge in [-0.05, 0) is 6.32 Å². The predicted molar refractivity (Wildman–Crippen MR) is 53.4 cm³/mol. The standard InChI is InChI=1S/C10H10BO2/c1-8(10(12)13)7-11-9-5-3-2-4-6-9/h2-6H,1,7H2,(H,12,13). The topological polar surface area (TPSA) is 37.3 Å². The molecule has 0 spiro atoms. The van der Waals surface area contributed by atoms with Crippen molar-refractivity contribution in [1.29, 1.82) is 0 Å². The molecule has 0 unspecified atom stereocenters. The lowest BCUT2D eigenvalue weighted by molar-refractivity contribution is -0.132. The van der Waals surface area contributed by atoms with Crippen LogP contribution in [0, 0.1) is 0 Å². The maximum atomic E-state index is 10.4. The lowest BCUT2D eigenvalue weighted by Crippen LogP contribution is -2.15. The van der Waals surface area contributed by atoms with Crippen molar-refractivity contribution in [2.24, 2.45) is 0 Å². The Morgan fingerprint density at radius 1 is 1.38 bits per heavy atom. The molecule has 0 atom stereocenters. The van der Waals surface area contributed by atoms with Gasteiger partial charge in [-0.3, -0.25) is 0 Å². The van der Waals surface area contributed by atoms with Crippen LogP contribution in [0.3, 0.4) is 0 Å². The van der Waals surface area contributed by atoms with Crippen molar-refractivity contribution in [3.63, 3.8) is 0 Å². The van der Waals surface area contributed by atoms with Gasteiger partial charge < -0.3 is 5.11 Å². The highest BCUT2D eigenvalue weighted by atomic mass is 16.4. The summed E-state index contributed by atoms with van der Waals surface area (Å²) in [6, 6.07) is 9.60. The van der Waals surface area contributed by atoms with Gasteiger partial charge in [0.05, 0.1) is 0 Å². The Morgan fingerprint density at radius 3 is 2.54 bits per heavy atom. The molecule has 0 fully saturated rings. The van der Waals surface area contributed by atoms with Crippen LogP contribution < -0.4 is 5.46 Å². The number of hydrogen-bond acceptors (Lipinski definition) is 1. The summed E-state index contributed by atoms with van der Waals surface area (Å²) < 4.78 is 0. The quantitative estimate of drug-likeness (QED) is 0.546. The van der Waals surface area contributed by atoms with E-state index in [4.69, 9.17) is 5.11 Å². The fourth-order valence-electron chi connectivity index (χ4n) is 0.917. The van der Waals surface area contributed by atoms with Crippen molar-refractivity contribution in [3.8, 4) is 0 Å². The van der Waals surface area contributed by atoms with Gasteiger partial charge in [-0.15, -0.1) is 0 Å². The van der Waals surface area contributed by atoms with Crippen LogP contribution in [0.5, 0.6) is 0 Å². The van der Waals surface area contributed by atoms with Crippen LogP contribution in [0.4, 0.5) is 0 Å². The number of carboxylic acid groups (broad SMARTS) is 1. The van der Waals surface area contributed by atoms with E-state index in [1.807, 2.05) is 37.6 Å². The number of benzene rings is 1. The monoisotopic (exact) mass is 173 g/mol. The van der Waals surface area contributed by atoms with Gasteiger partial charge in [0.25, 0.3) is 0 Å². The van der Waals surface area contributed by atoms with E-state index in [0.717, 1.165) is 5.46 Å². The zero-order valence-electron chi connectivity index (χ0n) is 7.23. The maximum absolute atomic E-state index is 10.4.